The minimum atomic E-state index is -0.160. The molecule has 0 aliphatic rings. The average molecular weight is 639 g/mol. The monoisotopic (exact) mass is 638 g/mol. The highest BCUT2D eigenvalue weighted by atomic mass is 16.3. The van der Waals surface area contributed by atoms with Crippen LogP contribution < -0.4 is 0 Å². The zero-order valence-corrected chi connectivity index (χ0v) is 29.3. The van der Waals surface area contributed by atoms with Crippen LogP contribution in [0.3, 0.4) is 0 Å². The van der Waals surface area contributed by atoms with Crippen molar-refractivity contribution in [2.45, 2.75) is 59.3 Å². The SMILES string of the molecule is C=C/C(=C\N=C)c1cc(C(C)(C)C)cc(-c2ccc(/C=C\c3ccc(-c4cc(C(C)(C)C)cc(/C(C=NC)=C/C)c4O)nc3)cn2)c1O. The number of rotatable bonds is 9. The molecule has 0 amide bonds. The maximum absolute atomic E-state index is 11.3. The molecule has 6 heteroatoms. The van der Waals surface area contributed by atoms with Crippen LogP contribution in [0.25, 0.3) is 45.8 Å². The van der Waals surface area contributed by atoms with Crippen molar-refractivity contribution in [1.29, 1.82) is 0 Å². The van der Waals surface area contributed by atoms with Gasteiger partial charge in [0, 0.05) is 59.7 Å². The van der Waals surface area contributed by atoms with Crippen molar-refractivity contribution in [3.05, 3.63) is 119 Å². The molecule has 2 aromatic heterocycles. The molecule has 0 atom stereocenters. The molecule has 0 unspecified atom stereocenters. The van der Waals surface area contributed by atoms with Crippen LogP contribution >= 0.6 is 0 Å². The second-order valence-electron chi connectivity index (χ2n) is 13.7. The van der Waals surface area contributed by atoms with E-state index in [1.165, 1.54) is 0 Å². The molecule has 246 valence electrons. The Bertz CT molecular complexity index is 1930. The molecule has 4 rings (SSSR count). The molecule has 2 aromatic carbocycles. The van der Waals surface area contributed by atoms with Gasteiger partial charge in [-0.1, -0.05) is 84.6 Å². The van der Waals surface area contributed by atoms with Gasteiger partial charge in [0.1, 0.15) is 11.5 Å². The fraction of sp³-hybridized carbons (Fsp3) is 0.238. The summed E-state index contributed by atoms with van der Waals surface area (Å²) in [4.78, 5) is 17.5. The van der Waals surface area contributed by atoms with Gasteiger partial charge in [0.05, 0.1) is 11.4 Å². The second-order valence-corrected chi connectivity index (χ2v) is 13.7. The lowest BCUT2D eigenvalue weighted by Gasteiger charge is -2.22. The number of aromatic hydroxyl groups is 2. The third-order valence-corrected chi connectivity index (χ3v) is 8.20. The van der Waals surface area contributed by atoms with Gasteiger partial charge in [0.15, 0.2) is 0 Å². The summed E-state index contributed by atoms with van der Waals surface area (Å²) in [6.45, 7) is 22.2. The van der Waals surface area contributed by atoms with E-state index in [1.807, 2.05) is 73.7 Å². The van der Waals surface area contributed by atoms with E-state index in [9.17, 15) is 10.2 Å². The van der Waals surface area contributed by atoms with Crippen LogP contribution in [-0.4, -0.2) is 40.2 Å². The molecular formula is C42H46N4O2. The van der Waals surface area contributed by atoms with E-state index in [0.29, 0.717) is 33.7 Å². The molecule has 48 heavy (non-hydrogen) atoms. The first-order valence-corrected chi connectivity index (χ1v) is 15.9. The average Bonchev–Trinajstić information content (AvgIpc) is 3.05. The Morgan fingerprint density at radius 2 is 1.19 bits per heavy atom. The maximum Gasteiger partial charge on any atom is 0.132 e. The molecule has 0 aliphatic heterocycles. The Kier molecular flexibility index (Phi) is 10.8. The van der Waals surface area contributed by atoms with E-state index in [0.717, 1.165) is 33.4 Å². The molecular weight excluding hydrogens is 592 g/mol. The van der Waals surface area contributed by atoms with Crippen molar-refractivity contribution in [3.8, 4) is 34.0 Å². The number of phenolic OH excluding ortho intramolecular Hbond substituents is 2. The minimum Gasteiger partial charge on any atom is -0.507 e. The fourth-order valence-corrected chi connectivity index (χ4v) is 5.25. The Morgan fingerprint density at radius 1 is 0.729 bits per heavy atom. The summed E-state index contributed by atoms with van der Waals surface area (Å²) < 4.78 is 0. The number of aliphatic imine (C=N–C) groups is 2. The molecule has 0 aliphatic carbocycles. The highest BCUT2D eigenvalue weighted by Crippen LogP contribution is 2.41. The van der Waals surface area contributed by atoms with E-state index in [2.05, 4.69) is 64.8 Å². The number of nitrogens with zero attached hydrogens (tertiary/aromatic N) is 4. The van der Waals surface area contributed by atoms with E-state index < -0.39 is 0 Å². The molecule has 0 fully saturated rings. The smallest absolute Gasteiger partial charge is 0.132 e. The van der Waals surface area contributed by atoms with Crippen LogP contribution in [0.2, 0.25) is 0 Å². The Morgan fingerprint density at radius 3 is 1.52 bits per heavy atom. The number of hydrogen-bond acceptors (Lipinski definition) is 6. The summed E-state index contributed by atoms with van der Waals surface area (Å²) >= 11 is 0. The van der Waals surface area contributed by atoms with Crippen LogP contribution in [0.15, 0.2) is 95.8 Å². The molecule has 0 bridgehead atoms. The van der Waals surface area contributed by atoms with Gasteiger partial charge in [0.25, 0.3) is 0 Å². The number of phenols is 2. The molecule has 6 nitrogen and oxygen atoms in total. The van der Waals surface area contributed by atoms with Crippen LogP contribution in [0.5, 0.6) is 11.5 Å². The predicted molar refractivity (Wildman–Crippen MR) is 205 cm³/mol. The van der Waals surface area contributed by atoms with Gasteiger partial charge in [-0.15, -0.1) is 0 Å². The lowest BCUT2D eigenvalue weighted by molar-refractivity contribution is 0.473. The first-order valence-electron chi connectivity index (χ1n) is 15.9. The van der Waals surface area contributed by atoms with Crippen molar-refractivity contribution in [2.24, 2.45) is 9.98 Å². The number of benzene rings is 2. The Hall–Kier alpha value is -5.36. The lowest BCUT2D eigenvalue weighted by atomic mass is 9.83. The molecule has 2 N–H and O–H groups in total. The van der Waals surface area contributed by atoms with Crippen LogP contribution in [-0.2, 0) is 10.8 Å². The van der Waals surface area contributed by atoms with Gasteiger partial charge >= 0.3 is 0 Å². The molecule has 0 radical (unpaired) electrons. The summed E-state index contributed by atoms with van der Waals surface area (Å²) in [7, 11) is 1.72. The van der Waals surface area contributed by atoms with Crippen molar-refractivity contribution in [3.63, 3.8) is 0 Å². The normalized spacial score (nSPS) is 13.0. The van der Waals surface area contributed by atoms with Crippen molar-refractivity contribution < 1.29 is 10.2 Å². The third kappa shape index (κ3) is 7.95. The number of hydrogen-bond donors (Lipinski definition) is 2. The van der Waals surface area contributed by atoms with Gasteiger partial charge in [-0.05, 0) is 88.7 Å². The van der Waals surface area contributed by atoms with Gasteiger partial charge in [-0.25, -0.2) is 0 Å². The van der Waals surface area contributed by atoms with Gasteiger partial charge in [0.2, 0.25) is 0 Å². The zero-order chi connectivity index (χ0) is 35.2. The topological polar surface area (TPSA) is 91.0 Å². The zero-order valence-electron chi connectivity index (χ0n) is 29.3. The second kappa shape index (κ2) is 14.6. The largest absolute Gasteiger partial charge is 0.507 e. The summed E-state index contributed by atoms with van der Waals surface area (Å²) in [6, 6.07) is 15.8. The van der Waals surface area contributed by atoms with Crippen LogP contribution in [0.1, 0.15) is 81.8 Å². The highest BCUT2D eigenvalue weighted by Gasteiger charge is 2.22. The van der Waals surface area contributed by atoms with Crippen molar-refractivity contribution in [2.75, 3.05) is 7.05 Å². The van der Waals surface area contributed by atoms with Gasteiger partial charge in [-0.2, -0.15) is 0 Å². The van der Waals surface area contributed by atoms with Gasteiger partial charge in [-0.3, -0.25) is 20.0 Å². The standard InChI is InChI=1S/C42H46N4O2/c1-11-29(25-43-9)33-19-31(41(3,4)5)21-35(39(33)47)37-17-15-27(23-45-37)13-14-28-16-18-38(46-24-28)36-22-32(42(6,7)8)20-34(40(36)48)30(12-2)26-44-10/h11-26,47-48H,1,9H2,2-8,10H3/b14-13-,29-25+,30-12+,44-26?. The first-order chi connectivity index (χ1) is 22.7. The van der Waals surface area contributed by atoms with Crippen LogP contribution in [0, 0.1) is 0 Å². The number of allylic oxidation sites excluding steroid dienone is 4. The molecule has 0 saturated heterocycles. The van der Waals surface area contributed by atoms with Crippen LogP contribution in [0.4, 0.5) is 0 Å². The van der Waals surface area contributed by atoms with Crippen molar-refractivity contribution in [1.82, 2.24) is 9.97 Å². The summed E-state index contributed by atoms with van der Waals surface area (Å²) in [5, 5.41) is 22.6. The quantitative estimate of drug-likeness (QED) is 0.141. The first kappa shape index (κ1) is 35.5. The highest BCUT2D eigenvalue weighted by molar-refractivity contribution is 6.11. The van der Waals surface area contributed by atoms with E-state index in [4.69, 9.17) is 9.97 Å². The Balaban J connectivity index is 1.65. The summed E-state index contributed by atoms with van der Waals surface area (Å²) in [5.74, 6) is 0.296. The molecule has 4 aromatic rings. The number of pyridine rings is 2. The summed E-state index contributed by atoms with van der Waals surface area (Å²) in [6.07, 6.45) is 14.5. The fourth-order valence-electron chi connectivity index (χ4n) is 5.25. The van der Waals surface area contributed by atoms with Gasteiger partial charge < -0.3 is 10.2 Å². The molecule has 0 saturated carbocycles. The summed E-state index contributed by atoms with van der Waals surface area (Å²) in [5.41, 5.74) is 9.20. The Labute approximate surface area is 285 Å². The predicted octanol–water partition coefficient (Wildman–Crippen LogP) is 10.3. The van der Waals surface area contributed by atoms with E-state index in [1.54, 1.807) is 37.9 Å². The van der Waals surface area contributed by atoms with E-state index in [-0.39, 0.29) is 22.3 Å². The van der Waals surface area contributed by atoms with E-state index >= 15 is 0 Å². The van der Waals surface area contributed by atoms with Crippen molar-refractivity contribution >= 4 is 36.2 Å². The number of aromatic nitrogens is 2. The maximum atomic E-state index is 11.3. The third-order valence-electron chi connectivity index (χ3n) is 8.20. The minimum absolute atomic E-state index is 0.117. The molecule has 0 spiro atoms. The lowest BCUT2D eigenvalue weighted by Crippen LogP contribution is -2.12. The molecule has 2 heterocycles.